The minimum absolute atomic E-state index is 0.196. The smallest absolute Gasteiger partial charge is 0.414 e. The van der Waals surface area contributed by atoms with Crippen molar-refractivity contribution in [3.8, 4) is 11.4 Å². The van der Waals surface area contributed by atoms with Gasteiger partial charge in [0.05, 0.1) is 16.6 Å². The first kappa shape index (κ1) is 18.2. The number of hydrogen-bond acceptors (Lipinski definition) is 4. The van der Waals surface area contributed by atoms with E-state index in [1.807, 2.05) is 57.2 Å². The van der Waals surface area contributed by atoms with Crippen LogP contribution in [0.4, 0.5) is 10.5 Å². The van der Waals surface area contributed by atoms with Crippen LogP contribution in [0.25, 0.3) is 22.3 Å². The molecule has 0 atom stereocenters. The van der Waals surface area contributed by atoms with Gasteiger partial charge in [-0.05, 0) is 57.4 Å². The van der Waals surface area contributed by atoms with E-state index < -0.39 is 5.60 Å². The van der Waals surface area contributed by atoms with Crippen molar-refractivity contribution in [2.45, 2.75) is 39.2 Å². The van der Waals surface area contributed by atoms with Crippen molar-refractivity contribution in [2.75, 3.05) is 11.4 Å². The molecule has 1 N–H and O–H groups in total. The lowest BCUT2D eigenvalue weighted by atomic mass is 9.97. The highest BCUT2D eigenvalue weighted by Gasteiger charge is 2.30. The summed E-state index contributed by atoms with van der Waals surface area (Å²) in [4.78, 5) is 34.6. The number of anilines is 1. The quantitative estimate of drug-likeness (QED) is 0.687. The Kier molecular flexibility index (Phi) is 4.41. The minimum atomic E-state index is -0.584. The second kappa shape index (κ2) is 6.78. The Morgan fingerprint density at radius 1 is 1.14 bits per heavy atom. The number of aromatic amines is 1. The number of H-pyrrole nitrogens is 1. The van der Waals surface area contributed by atoms with Crippen LogP contribution in [0.1, 0.15) is 32.8 Å². The fourth-order valence-electron chi connectivity index (χ4n) is 3.56. The van der Waals surface area contributed by atoms with Gasteiger partial charge >= 0.3 is 6.09 Å². The lowest BCUT2D eigenvalue weighted by molar-refractivity contribution is 0.0578. The number of ether oxygens (including phenoxy) is 1. The summed E-state index contributed by atoms with van der Waals surface area (Å²) in [5.74, 6) is 0.455. The molecule has 0 saturated heterocycles. The summed E-state index contributed by atoms with van der Waals surface area (Å²) in [6, 6.07) is 13.1. The number of hydrogen-bond donors (Lipinski definition) is 1. The van der Waals surface area contributed by atoms with E-state index in [0.29, 0.717) is 23.3 Å². The Morgan fingerprint density at radius 2 is 1.93 bits per heavy atom. The van der Waals surface area contributed by atoms with Gasteiger partial charge in [0.15, 0.2) is 0 Å². The average molecular weight is 377 g/mol. The molecule has 0 radical (unpaired) electrons. The van der Waals surface area contributed by atoms with Gasteiger partial charge in [0.2, 0.25) is 0 Å². The van der Waals surface area contributed by atoms with Crippen LogP contribution in [0.3, 0.4) is 0 Å². The number of nitrogens with one attached hydrogen (secondary N) is 1. The monoisotopic (exact) mass is 377 g/mol. The molecular formula is C22H23N3O3. The van der Waals surface area contributed by atoms with Crippen LogP contribution < -0.4 is 10.5 Å². The summed E-state index contributed by atoms with van der Waals surface area (Å²) in [6.45, 7) is 6.12. The van der Waals surface area contributed by atoms with Crippen molar-refractivity contribution in [2.24, 2.45) is 0 Å². The first-order valence-corrected chi connectivity index (χ1v) is 9.45. The number of fused-ring (bicyclic) bond motifs is 2. The second-order valence-electron chi connectivity index (χ2n) is 7.98. The van der Waals surface area contributed by atoms with Gasteiger partial charge in [-0.15, -0.1) is 0 Å². The van der Waals surface area contributed by atoms with Gasteiger partial charge in [-0.25, -0.2) is 9.78 Å². The normalized spacial score (nSPS) is 14.0. The average Bonchev–Trinajstić information content (AvgIpc) is 2.65. The lowest BCUT2D eigenvalue weighted by Gasteiger charge is -2.33. The Bertz CT molecular complexity index is 1110. The molecule has 6 heteroatoms. The molecule has 1 aliphatic heterocycles. The molecule has 4 rings (SSSR count). The van der Waals surface area contributed by atoms with E-state index in [4.69, 9.17) is 4.74 Å². The van der Waals surface area contributed by atoms with E-state index in [-0.39, 0.29) is 11.7 Å². The Morgan fingerprint density at radius 3 is 2.71 bits per heavy atom. The third-order valence-electron chi connectivity index (χ3n) is 4.70. The lowest BCUT2D eigenvalue weighted by Crippen LogP contribution is -2.40. The molecule has 0 saturated carbocycles. The first-order valence-electron chi connectivity index (χ1n) is 9.45. The Balaban J connectivity index is 1.87. The fourth-order valence-corrected chi connectivity index (χ4v) is 3.56. The van der Waals surface area contributed by atoms with E-state index in [1.165, 1.54) is 0 Å². The third kappa shape index (κ3) is 3.38. The molecular weight excluding hydrogens is 354 g/mol. The number of aromatic nitrogens is 2. The zero-order valence-electron chi connectivity index (χ0n) is 16.3. The van der Waals surface area contributed by atoms with Crippen molar-refractivity contribution < 1.29 is 9.53 Å². The summed E-state index contributed by atoms with van der Waals surface area (Å²) in [5, 5.41) is 0.542. The molecule has 0 spiro atoms. The van der Waals surface area contributed by atoms with Gasteiger partial charge in [0.25, 0.3) is 5.56 Å². The number of rotatable bonds is 1. The van der Waals surface area contributed by atoms with E-state index in [2.05, 4.69) is 9.97 Å². The van der Waals surface area contributed by atoms with Crippen molar-refractivity contribution >= 4 is 22.7 Å². The van der Waals surface area contributed by atoms with Gasteiger partial charge in [0, 0.05) is 12.1 Å². The maximum Gasteiger partial charge on any atom is 0.414 e. The highest BCUT2D eigenvalue weighted by atomic mass is 16.6. The predicted octanol–water partition coefficient (Wildman–Crippen LogP) is 4.28. The number of benzene rings is 2. The summed E-state index contributed by atoms with van der Waals surface area (Å²) in [7, 11) is 0. The van der Waals surface area contributed by atoms with Crippen molar-refractivity contribution in [3.63, 3.8) is 0 Å². The van der Waals surface area contributed by atoms with Crippen molar-refractivity contribution in [3.05, 3.63) is 58.4 Å². The first-order chi connectivity index (χ1) is 13.3. The second-order valence-corrected chi connectivity index (χ2v) is 7.98. The number of carbonyl (C=O) groups is 1. The van der Waals surface area contributed by atoms with Crippen molar-refractivity contribution in [1.29, 1.82) is 0 Å². The largest absolute Gasteiger partial charge is 0.443 e. The summed E-state index contributed by atoms with van der Waals surface area (Å²) < 4.78 is 5.61. The third-order valence-corrected chi connectivity index (χ3v) is 4.70. The van der Waals surface area contributed by atoms with Gasteiger partial charge in [-0.2, -0.15) is 0 Å². The van der Waals surface area contributed by atoms with Crippen LogP contribution in [0, 0.1) is 0 Å². The van der Waals surface area contributed by atoms with E-state index in [0.717, 1.165) is 29.7 Å². The van der Waals surface area contributed by atoms with Crippen molar-refractivity contribution in [1.82, 2.24) is 9.97 Å². The van der Waals surface area contributed by atoms with Crippen LogP contribution in [0.15, 0.2) is 47.3 Å². The van der Waals surface area contributed by atoms with Gasteiger partial charge in [0.1, 0.15) is 11.4 Å². The van der Waals surface area contributed by atoms with Crippen LogP contribution >= 0.6 is 0 Å². The number of para-hydroxylation sites is 2. The fraction of sp³-hybridized carbons (Fsp3) is 0.318. The molecule has 0 aliphatic carbocycles. The Hall–Kier alpha value is -3.15. The van der Waals surface area contributed by atoms with Gasteiger partial charge in [-0.3, -0.25) is 9.69 Å². The SMILES string of the molecule is CC(C)(C)OC(=O)N1CCCc2cccc(-c3nc4ccccc4c(=O)[nH]3)c21. The molecule has 2 heterocycles. The molecule has 6 nitrogen and oxygen atoms in total. The molecule has 3 aromatic rings. The number of amides is 1. The van der Waals surface area contributed by atoms with Crippen LogP contribution in [0.2, 0.25) is 0 Å². The number of aryl methyl sites for hydroxylation is 1. The predicted molar refractivity (Wildman–Crippen MR) is 110 cm³/mol. The van der Waals surface area contributed by atoms with E-state index >= 15 is 0 Å². The Labute approximate surface area is 163 Å². The maximum absolute atomic E-state index is 12.9. The zero-order chi connectivity index (χ0) is 19.9. The molecule has 0 fully saturated rings. The maximum atomic E-state index is 12.9. The van der Waals surface area contributed by atoms with E-state index in [1.54, 1.807) is 11.0 Å². The molecule has 28 heavy (non-hydrogen) atoms. The molecule has 0 bridgehead atoms. The minimum Gasteiger partial charge on any atom is -0.443 e. The van der Waals surface area contributed by atoms with E-state index in [9.17, 15) is 9.59 Å². The summed E-state index contributed by atoms with van der Waals surface area (Å²) in [6.07, 6.45) is 1.33. The van der Waals surface area contributed by atoms with Gasteiger partial charge in [-0.1, -0.05) is 24.3 Å². The summed E-state index contributed by atoms with van der Waals surface area (Å²) in [5.41, 5.74) is 2.38. The molecule has 2 aromatic carbocycles. The standard InChI is InChI=1S/C22H23N3O3/c1-22(2,3)28-21(27)25-13-7-9-14-8-6-11-16(18(14)25)19-23-17-12-5-4-10-15(17)20(26)24-19/h4-6,8,10-12H,7,9,13H2,1-3H3,(H,23,24,26). The molecule has 1 amide bonds. The molecule has 1 aliphatic rings. The van der Waals surface area contributed by atoms with Crippen LogP contribution in [-0.4, -0.2) is 28.2 Å². The highest BCUT2D eigenvalue weighted by Crippen LogP contribution is 2.36. The van der Waals surface area contributed by atoms with Crippen LogP contribution in [0.5, 0.6) is 0 Å². The van der Waals surface area contributed by atoms with Crippen LogP contribution in [-0.2, 0) is 11.2 Å². The molecule has 0 unspecified atom stereocenters. The highest BCUT2D eigenvalue weighted by molar-refractivity contribution is 5.95. The zero-order valence-corrected chi connectivity index (χ0v) is 16.3. The number of carbonyl (C=O) groups excluding carboxylic acids is 1. The summed E-state index contributed by atoms with van der Waals surface area (Å²) >= 11 is 0. The molecule has 144 valence electrons. The molecule has 1 aromatic heterocycles. The van der Waals surface area contributed by atoms with Gasteiger partial charge < -0.3 is 9.72 Å². The topological polar surface area (TPSA) is 75.3 Å². The number of nitrogens with zero attached hydrogens (tertiary/aromatic N) is 2.